The zero-order valence-electron chi connectivity index (χ0n) is 14.7. The van der Waals surface area contributed by atoms with E-state index in [-0.39, 0.29) is 0 Å². The van der Waals surface area contributed by atoms with Gasteiger partial charge in [0.15, 0.2) is 6.10 Å². The second-order valence-corrected chi connectivity index (χ2v) is 6.08. The lowest BCUT2D eigenvalue weighted by molar-refractivity contribution is 0.176. The summed E-state index contributed by atoms with van der Waals surface area (Å²) in [6, 6.07) is 14.5. The second kappa shape index (κ2) is 6.56. The van der Waals surface area contributed by atoms with Gasteiger partial charge in [0.25, 0.3) is 5.89 Å². The minimum Gasteiger partial charge on any atom is -0.481 e. The van der Waals surface area contributed by atoms with Crippen molar-refractivity contribution in [1.29, 1.82) is 0 Å². The van der Waals surface area contributed by atoms with Crippen molar-refractivity contribution in [2.75, 3.05) is 0 Å². The quantitative estimate of drug-likeness (QED) is 0.558. The number of aryl methyl sites for hydroxylation is 1. The van der Waals surface area contributed by atoms with E-state index in [4.69, 9.17) is 9.26 Å². The van der Waals surface area contributed by atoms with Gasteiger partial charge in [-0.05, 0) is 37.3 Å². The van der Waals surface area contributed by atoms with Crippen molar-refractivity contribution in [3.63, 3.8) is 0 Å². The third-order valence-corrected chi connectivity index (χ3v) is 4.21. The lowest BCUT2D eigenvalue weighted by Crippen LogP contribution is -2.34. The molecule has 1 atom stereocenters. The molecule has 4 rings (SSSR count). The number of para-hydroxylation sites is 1. The van der Waals surface area contributed by atoms with Crippen LogP contribution < -0.4 is 15.9 Å². The minimum atomic E-state index is -0.680. The Balaban J connectivity index is 1.66. The Hall–Kier alpha value is -3.68. The van der Waals surface area contributed by atoms with E-state index in [1.54, 1.807) is 25.2 Å². The number of aromatic amines is 1. The number of ether oxygens (including phenoxy) is 1. The zero-order valence-corrected chi connectivity index (χ0v) is 14.7. The van der Waals surface area contributed by atoms with Crippen LogP contribution in [0, 0.1) is 0 Å². The summed E-state index contributed by atoms with van der Waals surface area (Å²) in [5, 5.41) is 3.99. The highest BCUT2D eigenvalue weighted by molar-refractivity contribution is 5.79. The Morgan fingerprint density at radius 2 is 1.93 bits per heavy atom. The number of fused-ring (bicyclic) bond motifs is 1. The predicted molar refractivity (Wildman–Crippen MR) is 98.6 cm³/mol. The number of H-pyrrole nitrogens is 1. The maximum absolute atomic E-state index is 11.7. The van der Waals surface area contributed by atoms with Gasteiger partial charge in [-0.1, -0.05) is 23.4 Å². The molecule has 0 radical (unpaired) electrons. The van der Waals surface area contributed by atoms with Crippen LogP contribution >= 0.6 is 0 Å². The van der Waals surface area contributed by atoms with Crippen molar-refractivity contribution in [3.8, 4) is 17.1 Å². The first-order valence-corrected chi connectivity index (χ1v) is 8.31. The number of nitrogens with one attached hydrogen (secondary N) is 1. The summed E-state index contributed by atoms with van der Waals surface area (Å²) in [4.78, 5) is 30.4. The van der Waals surface area contributed by atoms with Crippen LogP contribution in [0.2, 0.25) is 0 Å². The Labute approximate surface area is 153 Å². The van der Waals surface area contributed by atoms with Crippen molar-refractivity contribution in [3.05, 3.63) is 75.1 Å². The summed E-state index contributed by atoms with van der Waals surface area (Å²) >= 11 is 0. The fourth-order valence-corrected chi connectivity index (χ4v) is 2.78. The Morgan fingerprint density at radius 1 is 1.15 bits per heavy atom. The first-order chi connectivity index (χ1) is 13.0. The van der Waals surface area contributed by atoms with Gasteiger partial charge in [0.2, 0.25) is 5.82 Å². The van der Waals surface area contributed by atoms with Gasteiger partial charge in [-0.2, -0.15) is 4.98 Å². The molecule has 136 valence electrons. The molecule has 1 N–H and O–H groups in total. The van der Waals surface area contributed by atoms with Gasteiger partial charge in [0, 0.05) is 12.6 Å². The van der Waals surface area contributed by atoms with Gasteiger partial charge in [-0.25, -0.2) is 0 Å². The molecule has 2 aromatic carbocycles. The Bertz CT molecular complexity index is 1220. The average molecular weight is 364 g/mol. The van der Waals surface area contributed by atoms with E-state index in [2.05, 4.69) is 15.1 Å². The highest BCUT2D eigenvalue weighted by Crippen LogP contribution is 2.24. The number of benzene rings is 2. The van der Waals surface area contributed by atoms with Gasteiger partial charge < -0.3 is 18.8 Å². The highest BCUT2D eigenvalue weighted by atomic mass is 16.5. The third-order valence-electron chi connectivity index (χ3n) is 4.21. The van der Waals surface area contributed by atoms with E-state index in [1.807, 2.05) is 37.3 Å². The molecule has 27 heavy (non-hydrogen) atoms. The van der Waals surface area contributed by atoms with Gasteiger partial charge in [0.05, 0.1) is 11.0 Å². The molecule has 0 spiro atoms. The van der Waals surface area contributed by atoms with E-state index in [0.29, 0.717) is 34.1 Å². The predicted octanol–water partition coefficient (Wildman–Crippen LogP) is 2.42. The van der Waals surface area contributed by atoms with E-state index >= 15 is 0 Å². The van der Waals surface area contributed by atoms with Gasteiger partial charge in [-0.15, -0.1) is 0 Å². The first kappa shape index (κ1) is 16.8. The summed E-state index contributed by atoms with van der Waals surface area (Å²) in [6.45, 7) is 1.82. The Kier molecular flexibility index (Phi) is 4.08. The monoisotopic (exact) mass is 364 g/mol. The van der Waals surface area contributed by atoms with Crippen molar-refractivity contribution in [1.82, 2.24) is 19.7 Å². The van der Waals surface area contributed by atoms with E-state index in [0.717, 1.165) is 0 Å². The zero-order chi connectivity index (χ0) is 19.0. The van der Waals surface area contributed by atoms with Gasteiger partial charge >= 0.3 is 11.1 Å². The molecule has 0 aliphatic heterocycles. The standard InChI is InChI=1S/C19H16N4O4/c1-11(26-13-6-4-3-5-7-13)18-21-16(22-27-18)12-8-9-15-14(10-12)20-17(24)19(25)23(15)2/h3-11H,1-2H3,(H,20,24). The van der Waals surface area contributed by atoms with Crippen molar-refractivity contribution >= 4 is 11.0 Å². The fourth-order valence-electron chi connectivity index (χ4n) is 2.78. The molecule has 0 saturated heterocycles. The summed E-state index contributed by atoms with van der Waals surface area (Å²) in [5.74, 6) is 1.40. The van der Waals surface area contributed by atoms with E-state index < -0.39 is 17.2 Å². The molecular formula is C19H16N4O4. The number of hydrogen-bond donors (Lipinski definition) is 1. The number of aromatic nitrogens is 4. The van der Waals surface area contributed by atoms with E-state index in [9.17, 15) is 9.59 Å². The maximum atomic E-state index is 11.7. The normalized spacial score (nSPS) is 12.2. The molecule has 0 aliphatic carbocycles. The molecule has 1 unspecified atom stereocenters. The average Bonchev–Trinajstić information content (AvgIpc) is 3.17. The summed E-state index contributed by atoms with van der Waals surface area (Å²) in [5.41, 5.74) is 0.482. The van der Waals surface area contributed by atoms with Crippen molar-refractivity contribution in [2.24, 2.45) is 7.05 Å². The molecule has 0 aliphatic rings. The smallest absolute Gasteiger partial charge is 0.316 e. The van der Waals surface area contributed by atoms with Crippen molar-refractivity contribution in [2.45, 2.75) is 13.0 Å². The van der Waals surface area contributed by atoms with Crippen molar-refractivity contribution < 1.29 is 9.26 Å². The summed E-state index contributed by atoms with van der Waals surface area (Å²) < 4.78 is 12.4. The molecule has 4 aromatic rings. The molecular weight excluding hydrogens is 348 g/mol. The van der Waals surface area contributed by atoms with Crippen LogP contribution in [0.15, 0.2) is 62.6 Å². The topological polar surface area (TPSA) is 103 Å². The number of nitrogens with zero attached hydrogens (tertiary/aromatic N) is 3. The second-order valence-electron chi connectivity index (χ2n) is 6.08. The summed E-state index contributed by atoms with van der Waals surface area (Å²) in [6.07, 6.45) is -0.422. The van der Waals surface area contributed by atoms with Gasteiger partial charge in [-0.3, -0.25) is 9.59 Å². The highest BCUT2D eigenvalue weighted by Gasteiger charge is 2.17. The van der Waals surface area contributed by atoms with Crippen LogP contribution in [0.1, 0.15) is 18.9 Å². The van der Waals surface area contributed by atoms with Gasteiger partial charge in [0.1, 0.15) is 5.75 Å². The summed E-state index contributed by atoms with van der Waals surface area (Å²) in [7, 11) is 1.55. The van der Waals surface area contributed by atoms with Crippen LogP contribution in [0.4, 0.5) is 0 Å². The maximum Gasteiger partial charge on any atom is 0.316 e. The molecule has 0 fully saturated rings. The van der Waals surface area contributed by atoms with E-state index in [1.165, 1.54) is 4.57 Å². The number of hydrogen-bond acceptors (Lipinski definition) is 6. The molecule has 0 amide bonds. The van der Waals surface area contributed by atoms with Crippen LogP contribution in [-0.2, 0) is 7.05 Å². The molecule has 0 saturated carbocycles. The molecule has 2 aromatic heterocycles. The van der Waals surface area contributed by atoms with Crippen LogP contribution in [0.25, 0.3) is 22.4 Å². The Morgan fingerprint density at radius 3 is 2.70 bits per heavy atom. The molecule has 2 heterocycles. The minimum absolute atomic E-state index is 0.336. The van der Waals surface area contributed by atoms with Crippen LogP contribution in [0.3, 0.4) is 0 Å². The largest absolute Gasteiger partial charge is 0.481 e. The molecule has 8 heteroatoms. The molecule has 8 nitrogen and oxygen atoms in total. The lowest BCUT2D eigenvalue weighted by atomic mass is 10.2. The molecule has 0 bridgehead atoms. The van der Waals surface area contributed by atoms with Crippen LogP contribution in [-0.4, -0.2) is 19.7 Å². The third kappa shape index (κ3) is 3.12. The lowest BCUT2D eigenvalue weighted by Gasteiger charge is -2.09. The number of rotatable bonds is 4. The van der Waals surface area contributed by atoms with Crippen LogP contribution in [0.5, 0.6) is 5.75 Å². The SMILES string of the molecule is CC(Oc1ccccc1)c1nc(-c2ccc3c(c2)[nH]c(=O)c(=O)n3C)no1. The first-order valence-electron chi connectivity index (χ1n) is 8.31. The fraction of sp³-hybridized carbons (Fsp3) is 0.158.